The summed E-state index contributed by atoms with van der Waals surface area (Å²) in [6, 6.07) is 6.67. The Balaban J connectivity index is 2.03. The van der Waals surface area contributed by atoms with Crippen LogP contribution in [0.5, 0.6) is 5.75 Å². The molecular weight excluding hydrogens is 280 g/mol. The van der Waals surface area contributed by atoms with Gasteiger partial charge in [0.2, 0.25) is 5.91 Å². The summed E-state index contributed by atoms with van der Waals surface area (Å²) < 4.78 is 6.04. The molecule has 2 aliphatic rings. The van der Waals surface area contributed by atoms with E-state index in [0.717, 1.165) is 12.8 Å². The Kier molecular flexibility index (Phi) is 3.57. The number of amides is 1. The summed E-state index contributed by atoms with van der Waals surface area (Å²) in [5.74, 6) is 0.643. The molecule has 2 heterocycles. The summed E-state index contributed by atoms with van der Waals surface area (Å²) in [6.07, 6.45) is 1.50. The van der Waals surface area contributed by atoms with Gasteiger partial charge in [-0.2, -0.15) is 5.26 Å². The van der Waals surface area contributed by atoms with Gasteiger partial charge in [0.1, 0.15) is 23.5 Å². The van der Waals surface area contributed by atoms with Gasteiger partial charge in [-0.25, -0.2) is 0 Å². The predicted octanol–water partition coefficient (Wildman–Crippen LogP) is 2.14. The van der Waals surface area contributed by atoms with Gasteiger partial charge in [0.25, 0.3) is 0 Å². The first-order valence-corrected chi connectivity index (χ1v) is 7.64. The van der Waals surface area contributed by atoms with Crippen molar-refractivity contribution in [2.75, 3.05) is 6.54 Å². The van der Waals surface area contributed by atoms with E-state index in [1.807, 2.05) is 13.8 Å². The summed E-state index contributed by atoms with van der Waals surface area (Å²) in [5, 5.41) is 19.9. The van der Waals surface area contributed by atoms with Crippen LogP contribution in [0.25, 0.3) is 0 Å². The number of ether oxygens (including phenoxy) is 1. The summed E-state index contributed by atoms with van der Waals surface area (Å²) in [5.41, 5.74) is 0.375. The number of hydrogen-bond acceptors (Lipinski definition) is 4. The van der Waals surface area contributed by atoms with Crippen molar-refractivity contribution < 1.29 is 14.6 Å². The van der Waals surface area contributed by atoms with Gasteiger partial charge < -0.3 is 14.7 Å². The highest BCUT2D eigenvalue weighted by atomic mass is 16.5. The van der Waals surface area contributed by atoms with Gasteiger partial charge in [-0.05, 0) is 44.9 Å². The van der Waals surface area contributed by atoms with E-state index in [-0.39, 0.29) is 5.91 Å². The molecule has 1 saturated heterocycles. The zero-order valence-electron chi connectivity index (χ0n) is 12.9. The Morgan fingerprint density at radius 1 is 1.41 bits per heavy atom. The first-order valence-electron chi connectivity index (χ1n) is 7.64. The van der Waals surface area contributed by atoms with E-state index in [9.17, 15) is 9.90 Å². The molecule has 0 bridgehead atoms. The topological polar surface area (TPSA) is 73.6 Å². The highest BCUT2D eigenvalue weighted by Crippen LogP contribution is 2.43. The van der Waals surface area contributed by atoms with Crippen molar-refractivity contribution >= 4 is 5.91 Å². The van der Waals surface area contributed by atoms with E-state index in [1.165, 1.54) is 0 Å². The SMILES string of the molecule is CC1(C)Oc2ccc(C#N)cc2C(O)C1N1CCCCC1=O. The lowest BCUT2D eigenvalue weighted by Crippen LogP contribution is -2.60. The first kappa shape index (κ1) is 14.9. The molecule has 2 aliphatic heterocycles. The number of nitriles is 1. The lowest BCUT2D eigenvalue weighted by atomic mass is 9.83. The monoisotopic (exact) mass is 300 g/mol. The Morgan fingerprint density at radius 3 is 2.86 bits per heavy atom. The number of likely N-dealkylation sites (tertiary alicyclic amines) is 1. The van der Waals surface area contributed by atoms with Crippen LogP contribution in [0.15, 0.2) is 18.2 Å². The van der Waals surface area contributed by atoms with Crippen LogP contribution < -0.4 is 4.74 Å². The van der Waals surface area contributed by atoms with Crippen molar-refractivity contribution in [1.29, 1.82) is 5.26 Å². The number of rotatable bonds is 1. The van der Waals surface area contributed by atoms with E-state index in [1.54, 1.807) is 23.1 Å². The van der Waals surface area contributed by atoms with Crippen molar-refractivity contribution in [3.8, 4) is 11.8 Å². The Bertz CT molecular complexity index is 648. The third kappa shape index (κ3) is 2.34. The number of aliphatic hydroxyl groups is 1. The van der Waals surface area contributed by atoms with Crippen LogP contribution in [-0.4, -0.2) is 34.1 Å². The lowest BCUT2D eigenvalue weighted by molar-refractivity contribution is -0.150. The predicted molar refractivity (Wildman–Crippen MR) is 80.2 cm³/mol. The first-order chi connectivity index (χ1) is 10.4. The smallest absolute Gasteiger partial charge is 0.223 e. The fourth-order valence-electron chi connectivity index (χ4n) is 3.50. The number of fused-ring (bicyclic) bond motifs is 1. The van der Waals surface area contributed by atoms with Crippen LogP contribution >= 0.6 is 0 Å². The maximum Gasteiger partial charge on any atom is 0.223 e. The second kappa shape index (κ2) is 5.29. The van der Waals surface area contributed by atoms with Crippen LogP contribution in [0.1, 0.15) is 50.3 Å². The minimum absolute atomic E-state index is 0.0619. The molecule has 2 unspecified atom stereocenters. The summed E-state index contributed by atoms with van der Waals surface area (Å²) in [7, 11) is 0. The summed E-state index contributed by atoms with van der Waals surface area (Å²) in [4.78, 5) is 14.0. The van der Waals surface area contributed by atoms with Crippen molar-refractivity contribution in [1.82, 2.24) is 4.90 Å². The normalized spacial score (nSPS) is 26.8. The standard InChI is InChI=1S/C17H20N2O3/c1-17(2)16(19-8-4-3-5-14(19)20)15(21)12-9-11(10-18)6-7-13(12)22-17/h6-7,9,15-16,21H,3-5,8H2,1-2H3. The van der Waals surface area contributed by atoms with E-state index < -0.39 is 17.7 Å². The Morgan fingerprint density at radius 2 is 2.18 bits per heavy atom. The van der Waals surface area contributed by atoms with Gasteiger partial charge in [-0.15, -0.1) is 0 Å². The highest BCUT2D eigenvalue weighted by Gasteiger charge is 2.48. The van der Waals surface area contributed by atoms with E-state index in [2.05, 4.69) is 6.07 Å². The molecule has 1 aromatic rings. The van der Waals surface area contributed by atoms with Crippen LogP contribution in [0, 0.1) is 11.3 Å². The molecular formula is C17H20N2O3. The van der Waals surface area contributed by atoms with Crippen LogP contribution in [-0.2, 0) is 4.79 Å². The van der Waals surface area contributed by atoms with Gasteiger partial charge in [0.05, 0.1) is 11.6 Å². The molecule has 2 atom stereocenters. The van der Waals surface area contributed by atoms with Gasteiger partial charge in [-0.1, -0.05) is 0 Å². The van der Waals surface area contributed by atoms with Crippen molar-refractivity contribution in [3.05, 3.63) is 29.3 Å². The molecule has 0 spiro atoms. The molecule has 0 saturated carbocycles. The molecule has 1 aromatic carbocycles. The largest absolute Gasteiger partial charge is 0.485 e. The summed E-state index contributed by atoms with van der Waals surface area (Å²) in [6.45, 7) is 4.43. The fourth-order valence-corrected chi connectivity index (χ4v) is 3.50. The Labute approximate surface area is 130 Å². The molecule has 1 fully saturated rings. The zero-order chi connectivity index (χ0) is 15.9. The molecule has 5 heteroatoms. The van der Waals surface area contributed by atoms with Crippen LogP contribution in [0.2, 0.25) is 0 Å². The number of carbonyl (C=O) groups excluding carboxylic acids is 1. The highest BCUT2D eigenvalue weighted by molar-refractivity contribution is 5.77. The van der Waals surface area contributed by atoms with Crippen molar-refractivity contribution in [2.45, 2.75) is 50.9 Å². The lowest BCUT2D eigenvalue weighted by Gasteiger charge is -2.49. The van der Waals surface area contributed by atoms with Gasteiger partial charge in [-0.3, -0.25) is 4.79 Å². The van der Waals surface area contributed by atoms with Crippen molar-refractivity contribution in [3.63, 3.8) is 0 Å². The number of piperidine rings is 1. The molecule has 0 radical (unpaired) electrons. The second-order valence-corrected chi connectivity index (χ2v) is 6.50. The number of hydrogen-bond donors (Lipinski definition) is 1. The van der Waals surface area contributed by atoms with Gasteiger partial charge in [0, 0.05) is 18.5 Å². The molecule has 116 valence electrons. The molecule has 5 nitrogen and oxygen atoms in total. The quantitative estimate of drug-likeness (QED) is 0.862. The number of benzene rings is 1. The average Bonchev–Trinajstić information content (AvgIpc) is 2.48. The van der Waals surface area contributed by atoms with Gasteiger partial charge in [0.15, 0.2) is 0 Å². The molecule has 22 heavy (non-hydrogen) atoms. The van der Waals surface area contributed by atoms with E-state index in [0.29, 0.717) is 29.8 Å². The maximum atomic E-state index is 12.3. The van der Waals surface area contributed by atoms with Crippen LogP contribution in [0.4, 0.5) is 0 Å². The molecule has 0 aromatic heterocycles. The number of aliphatic hydroxyl groups excluding tert-OH is 1. The molecule has 0 aliphatic carbocycles. The van der Waals surface area contributed by atoms with E-state index >= 15 is 0 Å². The van der Waals surface area contributed by atoms with Gasteiger partial charge >= 0.3 is 0 Å². The number of nitrogens with zero attached hydrogens (tertiary/aromatic N) is 2. The minimum Gasteiger partial charge on any atom is -0.485 e. The molecule has 1 amide bonds. The maximum absolute atomic E-state index is 12.3. The number of carbonyl (C=O) groups is 1. The summed E-state index contributed by atoms with van der Waals surface area (Å²) >= 11 is 0. The van der Waals surface area contributed by atoms with Crippen LogP contribution in [0.3, 0.4) is 0 Å². The second-order valence-electron chi connectivity index (χ2n) is 6.50. The van der Waals surface area contributed by atoms with E-state index in [4.69, 9.17) is 10.00 Å². The fraction of sp³-hybridized carbons (Fsp3) is 0.529. The molecule has 3 rings (SSSR count). The Hall–Kier alpha value is -2.06. The minimum atomic E-state index is -0.853. The third-order valence-corrected chi connectivity index (χ3v) is 4.54. The zero-order valence-corrected chi connectivity index (χ0v) is 12.9. The third-order valence-electron chi connectivity index (χ3n) is 4.54. The van der Waals surface area contributed by atoms with Crippen molar-refractivity contribution in [2.24, 2.45) is 0 Å². The molecule has 1 N–H and O–H groups in total. The average molecular weight is 300 g/mol.